The first-order chi connectivity index (χ1) is 17.7. The average molecular weight is 539 g/mol. The van der Waals surface area contributed by atoms with Crippen LogP contribution in [0.15, 0.2) is 17.0 Å². The molecule has 1 amide bonds. The van der Waals surface area contributed by atoms with Gasteiger partial charge in [-0.25, -0.2) is 8.42 Å². The Morgan fingerprint density at radius 1 is 1.03 bits per heavy atom. The Hall–Kier alpha value is -1.76. The van der Waals surface area contributed by atoms with Gasteiger partial charge in [-0.15, -0.1) is 0 Å². The second-order valence-corrected chi connectivity index (χ2v) is 12.2. The van der Waals surface area contributed by atoms with Gasteiger partial charge in [0.25, 0.3) is 0 Å². The van der Waals surface area contributed by atoms with Gasteiger partial charge in [-0.05, 0) is 70.1 Å². The number of rotatable bonds is 8. The highest BCUT2D eigenvalue weighted by atomic mass is 32.2. The van der Waals surface area contributed by atoms with Crippen molar-refractivity contribution in [3.05, 3.63) is 23.3 Å². The number of nitrogens with zero attached hydrogens (tertiary/aromatic N) is 4. The Balaban J connectivity index is 1.30. The van der Waals surface area contributed by atoms with Crippen LogP contribution in [0.25, 0.3) is 0 Å². The largest absolute Gasteiger partial charge is 0.497 e. The molecular weight excluding hydrogens is 496 g/mol. The first-order valence-electron chi connectivity index (χ1n) is 13.2. The van der Waals surface area contributed by atoms with E-state index in [-0.39, 0.29) is 32.3 Å². The van der Waals surface area contributed by atoms with Gasteiger partial charge >= 0.3 is 0 Å². The fourth-order valence-corrected chi connectivity index (χ4v) is 7.71. The van der Waals surface area contributed by atoms with Gasteiger partial charge in [0.15, 0.2) is 0 Å². The summed E-state index contributed by atoms with van der Waals surface area (Å²) in [7, 11) is -0.0424. The summed E-state index contributed by atoms with van der Waals surface area (Å²) in [6.07, 6.45) is 2.37. The Labute approximate surface area is 221 Å². The van der Waals surface area contributed by atoms with Gasteiger partial charge in [0.2, 0.25) is 15.9 Å². The third-order valence-electron chi connectivity index (χ3n) is 7.82. The molecule has 1 atom stereocenters. The predicted octanol–water partition coefficient (Wildman–Crippen LogP) is 0.957. The smallest absolute Gasteiger partial charge is 0.248 e. The van der Waals surface area contributed by atoms with Gasteiger partial charge in [-0.1, -0.05) is 0 Å². The molecule has 10 nitrogen and oxygen atoms in total. The third kappa shape index (κ3) is 6.63. The summed E-state index contributed by atoms with van der Waals surface area (Å²) in [6.45, 7) is 9.86. The van der Waals surface area contributed by atoms with Crippen LogP contribution in [0.2, 0.25) is 0 Å². The molecule has 37 heavy (non-hydrogen) atoms. The van der Waals surface area contributed by atoms with Crippen molar-refractivity contribution in [3.8, 4) is 5.75 Å². The minimum Gasteiger partial charge on any atom is -0.497 e. The third-order valence-corrected chi connectivity index (χ3v) is 10.1. The molecule has 1 aromatic carbocycles. The van der Waals surface area contributed by atoms with Crippen molar-refractivity contribution in [2.75, 3.05) is 86.4 Å². The fourth-order valence-electron chi connectivity index (χ4n) is 5.71. The second-order valence-electron chi connectivity index (χ2n) is 10.4. The van der Waals surface area contributed by atoms with Gasteiger partial charge in [0, 0.05) is 38.8 Å². The van der Waals surface area contributed by atoms with E-state index < -0.39 is 16.1 Å². The summed E-state index contributed by atoms with van der Waals surface area (Å²) in [5.74, 6) is 0.581. The van der Waals surface area contributed by atoms with Crippen LogP contribution in [0.5, 0.6) is 5.75 Å². The van der Waals surface area contributed by atoms with E-state index in [1.807, 2.05) is 4.90 Å². The number of likely N-dealkylation sites (tertiary alicyclic amines) is 1. The van der Waals surface area contributed by atoms with E-state index >= 15 is 0 Å². The van der Waals surface area contributed by atoms with Crippen molar-refractivity contribution < 1.29 is 27.4 Å². The Morgan fingerprint density at radius 2 is 1.68 bits per heavy atom. The molecule has 0 aromatic heterocycles. The lowest BCUT2D eigenvalue weighted by molar-refractivity contribution is -0.139. The minimum atomic E-state index is -3.78. The molecule has 0 aliphatic carbocycles. The molecular formula is C26H42N4O6S. The molecule has 0 N–H and O–H groups in total. The molecule has 3 saturated heterocycles. The van der Waals surface area contributed by atoms with E-state index in [2.05, 4.69) is 16.8 Å². The second kappa shape index (κ2) is 12.4. The van der Waals surface area contributed by atoms with Crippen LogP contribution in [0, 0.1) is 13.8 Å². The maximum absolute atomic E-state index is 13.7. The lowest BCUT2D eigenvalue weighted by Crippen LogP contribution is -2.55. The van der Waals surface area contributed by atoms with Crippen molar-refractivity contribution in [2.45, 2.75) is 43.7 Å². The van der Waals surface area contributed by atoms with Gasteiger partial charge < -0.3 is 24.0 Å². The fraction of sp³-hybridized carbons (Fsp3) is 0.731. The molecule has 11 heteroatoms. The van der Waals surface area contributed by atoms with Crippen LogP contribution < -0.4 is 4.74 Å². The lowest BCUT2D eigenvalue weighted by atomic mass is 10.0. The van der Waals surface area contributed by atoms with Crippen LogP contribution >= 0.6 is 0 Å². The van der Waals surface area contributed by atoms with E-state index in [0.29, 0.717) is 47.5 Å². The number of morpholine rings is 1. The number of piperidine rings is 1. The molecule has 4 rings (SSSR count). The number of sulfonamides is 1. The number of ether oxygens (including phenoxy) is 3. The Morgan fingerprint density at radius 3 is 2.30 bits per heavy atom. The molecule has 3 heterocycles. The number of methoxy groups -OCH3 is 1. The van der Waals surface area contributed by atoms with Crippen molar-refractivity contribution in [1.82, 2.24) is 19.0 Å². The number of aryl methyl sites for hydroxylation is 2. The van der Waals surface area contributed by atoms with Crippen molar-refractivity contribution in [2.24, 2.45) is 0 Å². The quantitative estimate of drug-likeness (QED) is 0.483. The molecule has 0 radical (unpaired) electrons. The van der Waals surface area contributed by atoms with Crippen LogP contribution in [0.1, 0.15) is 24.0 Å². The molecule has 0 saturated carbocycles. The first-order valence-corrected chi connectivity index (χ1v) is 14.7. The van der Waals surface area contributed by atoms with Crippen LogP contribution in [0.3, 0.4) is 0 Å². The van der Waals surface area contributed by atoms with Crippen molar-refractivity contribution in [3.63, 3.8) is 0 Å². The van der Waals surface area contributed by atoms with Gasteiger partial charge in [-0.3, -0.25) is 9.69 Å². The van der Waals surface area contributed by atoms with E-state index in [0.717, 1.165) is 26.2 Å². The maximum Gasteiger partial charge on any atom is 0.248 e. The summed E-state index contributed by atoms with van der Waals surface area (Å²) >= 11 is 0. The monoisotopic (exact) mass is 538 g/mol. The number of amides is 1. The minimum absolute atomic E-state index is 0.0454. The molecule has 0 spiro atoms. The van der Waals surface area contributed by atoms with Gasteiger partial charge in [0.1, 0.15) is 12.4 Å². The zero-order valence-electron chi connectivity index (χ0n) is 22.6. The summed E-state index contributed by atoms with van der Waals surface area (Å²) in [5, 5.41) is 0. The van der Waals surface area contributed by atoms with Crippen LogP contribution in [-0.2, 0) is 24.3 Å². The van der Waals surface area contributed by atoms with Gasteiger partial charge in [0.05, 0.1) is 37.9 Å². The number of hydrogen-bond acceptors (Lipinski definition) is 8. The predicted molar refractivity (Wildman–Crippen MR) is 140 cm³/mol. The van der Waals surface area contributed by atoms with E-state index in [1.54, 1.807) is 33.1 Å². The van der Waals surface area contributed by atoms with Crippen molar-refractivity contribution >= 4 is 15.9 Å². The summed E-state index contributed by atoms with van der Waals surface area (Å²) < 4.78 is 45.4. The lowest BCUT2D eigenvalue weighted by Gasteiger charge is -2.42. The molecule has 208 valence electrons. The van der Waals surface area contributed by atoms with E-state index in [1.165, 1.54) is 17.1 Å². The molecule has 0 bridgehead atoms. The highest BCUT2D eigenvalue weighted by Crippen LogP contribution is 2.30. The number of hydrogen-bond donors (Lipinski definition) is 0. The van der Waals surface area contributed by atoms with Crippen LogP contribution in [-0.4, -0.2) is 132 Å². The molecule has 0 unspecified atom stereocenters. The topological polar surface area (TPSA) is 91.9 Å². The Kier molecular flexibility index (Phi) is 9.47. The highest BCUT2D eigenvalue weighted by Gasteiger charge is 2.36. The zero-order valence-corrected chi connectivity index (χ0v) is 23.5. The average Bonchev–Trinajstić information content (AvgIpc) is 2.88. The molecule has 3 fully saturated rings. The van der Waals surface area contributed by atoms with Crippen molar-refractivity contribution in [1.29, 1.82) is 0 Å². The molecule has 3 aliphatic heterocycles. The summed E-state index contributed by atoms with van der Waals surface area (Å²) in [4.78, 5) is 19.9. The normalized spacial score (nSPS) is 23.4. The number of carbonyl (C=O) groups is 1. The van der Waals surface area contributed by atoms with E-state index in [9.17, 15) is 13.2 Å². The summed E-state index contributed by atoms with van der Waals surface area (Å²) in [6, 6.07) is 3.59. The van der Waals surface area contributed by atoms with Crippen LogP contribution in [0.4, 0.5) is 0 Å². The number of benzene rings is 1. The van der Waals surface area contributed by atoms with Gasteiger partial charge in [-0.2, -0.15) is 4.31 Å². The number of piperazine rings is 1. The first kappa shape index (κ1) is 28.3. The maximum atomic E-state index is 13.7. The van der Waals surface area contributed by atoms with E-state index in [4.69, 9.17) is 14.2 Å². The highest BCUT2D eigenvalue weighted by molar-refractivity contribution is 7.89. The standard InChI is InChI=1S/C26H42N4O6S/c1-20-15-24(34-4)16-21(2)26(20)37(32,33)30-13-14-35-17-23(30)18-36-19-25(31)29-11-9-28(10-12-29)22-5-7-27(3)8-6-22/h15-16,22-23H,5-14,17-19H2,1-4H3/t23-/m0/s1. The summed E-state index contributed by atoms with van der Waals surface area (Å²) in [5.41, 5.74) is 1.27. The SMILES string of the molecule is COc1cc(C)c(S(=O)(=O)N2CCOC[C@H]2COCC(=O)N2CCN(C3CCN(C)CC3)CC2)c(C)c1. The Bertz CT molecular complexity index is 1010. The number of carbonyl (C=O) groups excluding carboxylic acids is 1. The molecule has 3 aliphatic rings. The zero-order chi connectivity index (χ0) is 26.6. The molecule has 1 aromatic rings.